The summed E-state index contributed by atoms with van der Waals surface area (Å²) in [5.41, 5.74) is 0.402. The minimum Gasteiger partial charge on any atom is -0.353 e. The van der Waals surface area contributed by atoms with Gasteiger partial charge in [-0.15, -0.1) is 0 Å². The number of carbonyl (C=O) groups is 2. The molecule has 1 aromatic rings. The van der Waals surface area contributed by atoms with Crippen LogP contribution in [0.15, 0.2) is 24.3 Å². The largest absolute Gasteiger partial charge is 0.353 e. The first kappa shape index (κ1) is 17.9. The topological polar surface area (TPSA) is 95.8 Å². The molecule has 1 aromatic carbocycles. The molecule has 8 nitrogen and oxygen atoms in total. The van der Waals surface area contributed by atoms with Crippen molar-refractivity contribution in [3.05, 3.63) is 39.9 Å². The van der Waals surface area contributed by atoms with Crippen molar-refractivity contribution in [2.75, 3.05) is 32.7 Å². The second-order valence-corrected chi connectivity index (χ2v) is 6.09. The molecule has 1 aliphatic heterocycles. The molecule has 0 aromatic heterocycles. The monoisotopic (exact) mass is 334 g/mol. The van der Waals surface area contributed by atoms with Gasteiger partial charge in [-0.3, -0.25) is 24.6 Å². The van der Waals surface area contributed by atoms with Gasteiger partial charge in [-0.2, -0.15) is 0 Å². The quantitative estimate of drug-likeness (QED) is 0.637. The van der Waals surface area contributed by atoms with Crippen molar-refractivity contribution in [2.45, 2.75) is 19.9 Å². The lowest BCUT2D eigenvalue weighted by atomic mass is 10.1. The van der Waals surface area contributed by atoms with Crippen molar-refractivity contribution in [3.8, 4) is 0 Å². The lowest BCUT2D eigenvalue weighted by Gasteiger charge is -2.34. The number of rotatable bonds is 5. The van der Waals surface area contributed by atoms with Crippen molar-refractivity contribution in [2.24, 2.45) is 0 Å². The van der Waals surface area contributed by atoms with Gasteiger partial charge in [0.15, 0.2) is 0 Å². The Morgan fingerprint density at radius 3 is 2.25 bits per heavy atom. The summed E-state index contributed by atoms with van der Waals surface area (Å²) >= 11 is 0. The van der Waals surface area contributed by atoms with E-state index in [1.54, 1.807) is 4.90 Å². The molecule has 1 saturated heterocycles. The zero-order chi connectivity index (χ0) is 17.7. The maximum atomic E-state index is 12.4. The van der Waals surface area contributed by atoms with Crippen LogP contribution in [0.2, 0.25) is 0 Å². The number of nitro groups is 1. The second-order valence-electron chi connectivity index (χ2n) is 6.09. The molecular formula is C16H22N4O4. The fraction of sp³-hybridized carbons (Fsp3) is 0.500. The maximum absolute atomic E-state index is 12.4. The number of nitro benzene ring substituents is 1. The standard InChI is InChI=1S/C16H22N4O4/c1-12(2)17-15(21)11-18-7-9-19(10-8-18)16(22)13-3-5-14(6-4-13)20(23)24/h3-6,12H,7-11H2,1-2H3,(H,17,21). The lowest BCUT2D eigenvalue weighted by molar-refractivity contribution is -0.384. The van der Waals surface area contributed by atoms with Crippen LogP contribution in [0, 0.1) is 10.1 Å². The molecule has 2 amide bonds. The van der Waals surface area contributed by atoms with E-state index >= 15 is 0 Å². The minimum atomic E-state index is -0.491. The van der Waals surface area contributed by atoms with E-state index in [4.69, 9.17) is 0 Å². The Morgan fingerprint density at radius 1 is 1.17 bits per heavy atom. The Kier molecular flexibility index (Phi) is 5.86. The van der Waals surface area contributed by atoms with Gasteiger partial charge in [-0.05, 0) is 26.0 Å². The number of nitrogens with one attached hydrogen (secondary N) is 1. The van der Waals surface area contributed by atoms with Crippen LogP contribution in [-0.2, 0) is 4.79 Å². The first-order valence-electron chi connectivity index (χ1n) is 7.92. The van der Waals surface area contributed by atoms with E-state index in [-0.39, 0.29) is 23.5 Å². The Hall–Kier alpha value is -2.48. The number of amides is 2. The molecule has 1 aliphatic rings. The van der Waals surface area contributed by atoms with E-state index in [1.165, 1.54) is 24.3 Å². The van der Waals surface area contributed by atoms with Gasteiger partial charge in [0.1, 0.15) is 0 Å². The minimum absolute atomic E-state index is 0.0138. The third kappa shape index (κ3) is 4.76. The number of benzene rings is 1. The van der Waals surface area contributed by atoms with Crippen LogP contribution in [0.5, 0.6) is 0 Å². The van der Waals surface area contributed by atoms with Gasteiger partial charge in [-0.25, -0.2) is 0 Å². The highest BCUT2D eigenvalue weighted by molar-refractivity contribution is 5.94. The van der Waals surface area contributed by atoms with Crippen LogP contribution in [-0.4, -0.2) is 65.3 Å². The molecule has 2 rings (SSSR count). The molecule has 0 bridgehead atoms. The van der Waals surface area contributed by atoms with E-state index in [0.717, 1.165) is 0 Å². The molecule has 0 radical (unpaired) electrons. The SMILES string of the molecule is CC(C)NC(=O)CN1CCN(C(=O)c2ccc([N+](=O)[O-])cc2)CC1. The highest BCUT2D eigenvalue weighted by atomic mass is 16.6. The molecular weight excluding hydrogens is 312 g/mol. The number of hydrogen-bond donors (Lipinski definition) is 1. The molecule has 0 spiro atoms. The van der Waals surface area contributed by atoms with Crippen LogP contribution >= 0.6 is 0 Å². The Bertz CT molecular complexity index is 607. The summed E-state index contributed by atoms with van der Waals surface area (Å²) in [4.78, 5) is 38.0. The highest BCUT2D eigenvalue weighted by Crippen LogP contribution is 2.14. The summed E-state index contributed by atoms with van der Waals surface area (Å²) in [6.07, 6.45) is 0. The van der Waals surface area contributed by atoms with E-state index in [0.29, 0.717) is 38.3 Å². The summed E-state index contributed by atoms with van der Waals surface area (Å²) in [5.74, 6) is -0.156. The summed E-state index contributed by atoms with van der Waals surface area (Å²) < 4.78 is 0. The molecule has 8 heteroatoms. The first-order chi connectivity index (χ1) is 11.4. The van der Waals surface area contributed by atoms with Crippen molar-refractivity contribution in [1.29, 1.82) is 0 Å². The fourth-order valence-electron chi connectivity index (χ4n) is 2.59. The summed E-state index contributed by atoms with van der Waals surface area (Å²) in [5, 5.41) is 13.5. The predicted octanol–water partition coefficient (Wildman–Crippen LogP) is 0.877. The van der Waals surface area contributed by atoms with Gasteiger partial charge in [0, 0.05) is 49.9 Å². The molecule has 1 heterocycles. The number of piperazine rings is 1. The van der Waals surface area contributed by atoms with Crippen molar-refractivity contribution < 1.29 is 14.5 Å². The van der Waals surface area contributed by atoms with Gasteiger partial charge < -0.3 is 10.2 Å². The third-order valence-corrected chi connectivity index (χ3v) is 3.80. The smallest absolute Gasteiger partial charge is 0.269 e. The first-order valence-corrected chi connectivity index (χ1v) is 7.92. The van der Waals surface area contributed by atoms with Gasteiger partial charge in [0.25, 0.3) is 11.6 Å². The average molecular weight is 334 g/mol. The number of non-ortho nitro benzene ring substituents is 1. The van der Waals surface area contributed by atoms with E-state index in [9.17, 15) is 19.7 Å². The van der Waals surface area contributed by atoms with Crippen LogP contribution in [0.3, 0.4) is 0 Å². The molecule has 0 saturated carbocycles. The summed E-state index contributed by atoms with van der Waals surface area (Å²) in [6, 6.07) is 5.73. The zero-order valence-electron chi connectivity index (χ0n) is 13.9. The van der Waals surface area contributed by atoms with Gasteiger partial charge >= 0.3 is 0 Å². The Labute approximate surface area is 140 Å². The maximum Gasteiger partial charge on any atom is 0.269 e. The second kappa shape index (κ2) is 7.87. The Balaban J connectivity index is 1.86. The summed E-state index contributed by atoms with van der Waals surface area (Å²) in [7, 11) is 0. The fourth-order valence-corrected chi connectivity index (χ4v) is 2.59. The number of nitrogens with zero attached hydrogens (tertiary/aromatic N) is 3. The zero-order valence-corrected chi connectivity index (χ0v) is 13.9. The van der Waals surface area contributed by atoms with Crippen LogP contribution in [0.4, 0.5) is 5.69 Å². The van der Waals surface area contributed by atoms with Gasteiger partial charge in [-0.1, -0.05) is 0 Å². The normalized spacial score (nSPS) is 15.4. The molecule has 0 aliphatic carbocycles. The van der Waals surface area contributed by atoms with E-state index in [2.05, 4.69) is 5.32 Å². The van der Waals surface area contributed by atoms with Crippen LogP contribution in [0.1, 0.15) is 24.2 Å². The summed E-state index contributed by atoms with van der Waals surface area (Å²) in [6.45, 7) is 6.49. The van der Waals surface area contributed by atoms with E-state index in [1.807, 2.05) is 18.7 Å². The number of carbonyl (C=O) groups excluding carboxylic acids is 2. The highest BCUT2D eigenvalue weighted by Gasteiger charge is 2.23. The van der Waals surface area contributed by atoms with Crippen LogP contribution in [0.25, 0.3) is 0 Å². The average Bonchev–Trinajstić information content (AvgIpc) is 2.54. The van der Waals surface area contributed by atoms with Crippen molar-refractivity contribution >= 4 is 17.5 Å². The third-order valence-electron chi connectivity index (χ3n) is 3.80. The number of hydrogen-bond acceptors (Lipinski definition) is 5. The molecule has 1 N–H and O–H groups in total. The molecule has 130 valence electrons. The van der Waals surface area contributed by atoms with Gasteiger partial charge in [0.05, 0.1) is 11.5 Å². The van der Waals surface area contributed by atoms with Gasteiger partial charge in [0.2, 0.25) is 5.91 Å². The predicted molar refractivity (Wildman–Crippen MR) is 88.7 cm³/mol. The molecule has 0 atom stereocenters. The lowest BCUT2D eigenvalue weighted by Crippen LogP contribution is -2.51. The van der Waals surface area contributed by atoms with Crippen molar-refractivity contribution in [1.82, 2.24) is 15.1 Å². The van der Waals surface area contributed by atoms with Crippen LogP contribution < -0.4 is 5.32 Å². The molecule has 1 fully saturated rings. The molecule has 24 heavy (non-hydrogen) atoms. The Morgan fingerprint density at radius 2 is 1.75 bits per heavy atom. The van der Waals surface area contributed by atoms with E-state index < -0.39 is 4.92 Å². The van der Waals surface area contributed by atoms with Crippen molar-refractivity contribution in [3.63, 3.8) is 0 Å². The molecule has 0 unspecified atom stereocenters.